The van der Waals surface area contributed by atoms with Gasteiger partial charge in [0.2, 0.25) is 5.88 Å². The van der Waals surface area contributed by atoms with E-state index in [2.05, 4.69) is 24.9 Å². The Morgan fingerprint density at radius 2 is 1.96 bits per heavy atom. The Morgan fingerprint density at radius 1 is 1.19 bits per heavy atom. The molecule has 0 radical (unpaired) electrons. The number of hydrogen-bond acceptors (Lipinski definition) is 5. The van der Waals surface area contributed by atoms with E-state index in [1.807, 2.05) is 6.07 Å². The third-order valence-electron chi connectivity index (χ3n) is 3.85. The number of hydrogen-bond donors (Lipinski definition) is 1. The van der Waals surface area contributed by atoms with Crippen LogP contribution in [-0.4, -0.2) is 41.7 Å². The first-order valence-electron chi connectivity index (χ1n) is 8.09. The lowest BCUT2D eigenvalue weighted by Gasteiger charge is -2.17. The lowest BCUT2D eigenvalue weighted by Crippen LogP contribution is -2.22. The van der Waals surface area contributed by atoms with E-state index in [-0.39, 0.29) is 11.4 Å². The van der Waals surface area contributed by atoms with Crippen LogP contribution in [-0.2, 0) is 0 Å². The molecular weight excluding hydrogens is 349 g/mol. The van der Waals surface area contributed by atoms with E-state index in [9.17, 15) is 18.0 Å². The summed E-state index contributed by atoms with van der Waals surface area (Å²) < 4.78 is 41.6. The van der Waals surface area contributed by atoms with Crippen molar-refractivity contribution in [1.29, 1.82) is 0 Å². The van der Waals surface area contributed by atoms with Gasteiger partial charge >= 0.3 is 6.18 Å². The molecule has 0 aromatic carbocycles. The van der Waals surface area contributed by atoms with Crippen LogP contribution in [0.5, 0.6) is 5.88 Å². The van der Waals surface area contributed by atoms with Gasteiger partial charge in [0.15, 0.2) is 6.61 Å². The smallest absolute Gasteiger partial charge is 0.422 e. The van der Waals surface area contributed by atoms with Crippen molar-refractivity contribution < 1.29 is 22.7 Å². The van der Waals surface area contributed by atoms with Crippen LogP contribution in [0.2, 0.25) is 0 Å². The largest absolute Gasteiger partial charge is 0.467 e. The number of ether oxygens (including phenoxy) is 1. The fourth-order valence-corrected chi connectivity index (χ4v) is 2.63. The molecule has 3 rings (SSSR count). The highest BCUT2D eigenvalue weighted by Gasteiger charge is 2.29. The van der Waals surface area contributed by atoms with E-state index < -0.39 is 18.7 Å². The predicted octanol–water partition coefficient (Wildman–Crippen LogP) is 3.27. The van der Waals surface area contributed by atoms with E-state index in [1.54, 1.807) is 12.3 Å². The fourth-order valence-electron chi connectivity index (χ4n) is 2.63. The Hall–Kier alpha value is -2.84. The number of carbonyl (C=O) groups is 1. The number of halogens is 3. The maximum atomic E-state index is 12.3. The summed E-state index contributed by atoms with van der Waals surface area (Å²) in [4.78, 5) is 22.4. The van der Waals surface area contributed by atoms with Crippen LogP contribution in [0.15, 0.2) is 36.7 Å². The number of nitrogens with one attached hydrogen (secondary N) is 1. The Balaban J connectivity index is 1.68. The molecule has 138 valence electrons. The molecule has 0 saturated carbocycles. The third kappa shape index (κ3) is 4.62. The second-order valence-corrected chi connectivity index (χ2v) is 5.81. The highest BCUT2D eigenvalue weighted by Crippen LogP contribution is 2.22. The molecule has 1 N–H and O–H groups in total. The van der Waals surface area contributed by atoms with Gasteiger partial charge in [-0.1, -0.05) is 0 Å². The summed E-state index contributed by atoms with van der Waals surface area (Å²) in [5.41, 5.74) is 0.873. The zero-order chi connectivity index (χ0) is 18.6. The molecular formula is C17H17F3N4O2. The molecule has 9 heteroatoms. The van der Waals surface area contributed by atoms with Crippen molar-refractivity contribution in [3.05, 3.63) is 42.2 Å². The number of amides is 1. The lowest BCUT2D eigenvalue weighted by atomic mass is 10.2. The molecule has 2 aromatic heterocycles. The van der Waals surface area contributed by atoms with Crippen LogP contribution in [0.25, 0.3) is 0 Å². The molecule has 0 spiro atoms. The number of anilines is 2. The lowest BCUT2D eigenvalue weighted by molar-refractivity contribution is -0.154. The molecule has 1 aliphatic heterocycles. The summed E-state index contributed by atoms with van der Waals surface area (Å²) in [6, 6.07) is 6.28. The van der Waals surface area contributed by atoms with Crippen LogP contribution >= 0.6 is 0 Å². The quantitative estimate of drug-likeness (QED) is 0.880. The molecule has 3 heterocycles. The zero-order valence-electron chi connectivity index (χ0n) is 13.8. The first-order valence-corrected chi connectivity index (χ1v) is 8.09. The van der Waals surface area contributed by atoms with Crippen molar-refractivity contribution in [3.8, 4) is 5.88 Å². The number of nitrogens with zero attached hydrogens (tertiary/aromatic N) is 3. The van der Waals surface area contributed by atoms with Gasteiger partial charge in [0.05, 0.1) is 11.9 Å². The second kappa shape index (κ2) is 7.59. The minimum atomic E-state index is -4.52. The average molecular weight is 366 g/mol. The third-order valence-corrected chi connectivity index (χ3v) is 3.85. The second-order valence-electron chi connectivity index (χ2n) is 5.81. The molecule has 0 atom stereocenters. The number of rotatable bonds is 5. The van der Waals surface area contributed by atoms with Gasteiger partial charge in [-0.15, -0.1) is 0 Å². The van der Waals surface area contributed by atoms with Gasteiger partial charge in [-0.2, -0.15) is 13.2 Å². The van der Waals surface area contributed by atoms with Crippen LogP contribution in [0, 0.1) is 0 Å². The average Bonchev–Trinajstić information content (AvgIpc) is 3.15. The summed E-state index contributed by atoms with van der Waals surface area (Å²) >= 11 is 0. The molecule has 0 bridgehead atoms. The Morgan fingerprint density at radius 3 is 2.62 bits per heavy atom. The molecule has 6 nitrogen and oxygen atoms in total. The topological polar surface area (TPSA) is 67.4 Å². The van der Waals surface area contributed by atoms with Gasteiger partial charge < -0.3 is 15.0 Å². The van der Waals surface area contributed by atoms with Gasteiger partial charge in [-0.05, 0) is 37.1 Å². The van der Waals surface area contributed by atoms with Crippen molar-refractivity contribution in [2.24, 2.45) is 0 Å². The minimum Gasteiger partial charge on any atom is -0.467 e. The fraction of sp³-hybridized carbons (Fsp3) is 0.353. The van der Waals surface area contributed by atoms with Crippen molar-refractivity contribution in [1.82, 2.24) is 9.97 Å². The summed E-state index contributed by atoms with van der Waals surface area (Å²) in [5, 5.41) is 2.54. The molecule has 26 heavy (non-hydrogen) atoms. The van der Waals surface area contributed by atoms with Crippen LogP contribution in [0.1, 0.15) is 23.2 Å². The molecule has 0 unspecified atom stereocenters. The van der Waals surface area contributed by atoms with E-state index >= 15 is 0 Å². The summed E-state index contributed by atoms with van der Waals surface area (Å²) in [5.74, 6) is -0.726. The highest BCUT2D eigenvalue weighted by molar-refractivity contribution is 6.05. The standard InChI is InChI=1S/C17H17F3N4O2/c18-17(19,20)11-26-16-13(4-3-7-21-16)15(25)23-14-6-5-12(10-22-14)24-8-1-2-9-24/h3-7,10H,1-2,8-9,11H2,(H,22,23,25). The predicted molar refractivity (Wildman–Crippen MR) is 89.4 cm³/mol. The van der Waals surface area contributed by atoms with Crippen LogP contribution in [0.4, 0.5) is 24.7 Å². The normalized spacial score (nSPS) is 14.3. The van der Waals surface area contributed by atoms with Gasteiger partial charge in [-0.25, -0.2) is 9.97 Å². The minimum absolute atomic E-state index is 0.0952. The number of aromatic nitrogens is 2. The molecule has 1 saturated heterocycles. The summed E-state index contributed by atoms with van der Waals surface area (Å²) in [6.45, 7) is 0.430. The molecule has 1 amide bonds. The van der Waals surface area contributed by atoms with E-state index in [0.717, 1.165) is 31.6 Å². The van der Waals surface area contributed by atoms with Gasteiger partial charge in [0, 0.05) is 19.3 Å². The first-order chi connectivity index (χ1) is 12.4. The van der Waals surface area contributed by atoms with Crippen LogP contribution < -0.4 is 15.0 Å². The molecule has 1 aliphatic rings. The van der Waals surface area contributed by atoms with E-state index in [4.69, 9.17) is 0 Å². The van der Waals surface area contributed by atoms with Crippen molar-refractivity contribution in [2.45, 2.75) is 19.0 Å². The maximum Gasteiger partial charge on any atom is 0.422 e. The number of carbonyl (C=O) groups excluding carboxylic acids is 1. The molecule has 1 fully saturated rings. The van der Waals surface area contributed by atoms with Crippen LogP contribution in [0.3, 0.4) is 0 Å². The van der Waals surface area contributed by atoms with Gasteiger partial charge in [0.1, 0.15) is 11.4 Å². The Kier molecular flexibility index (Phi) is 5.24. The number of alkyl halides is 3. The van der Waals surface area contributed by atoms with Gasteiger partial charge in [0.25, 0.3) is 5.91 Å². The first kappa shape index (κ1) is 18.0. The maximum absolute atomic E-state index is 12.3. The zero-order valence-corrected chi connectivity index (χ0v) is 13.8. The summed E-state index contributed by atoms with van der Waals surface area (Å²) in [6.07, 6.45) is 0.676. The van der Waals surface area contributed by atoms with E-state index in [0.29, 0.717) is 5.82 Å². The molecule has 2 aromatic rings. The van der Waals surface area contributed by atoms with E-state index in [1.165, 1.54) is 18.3 Å². The van der Waals surface area contributed by atoms with Crippen molar-refractivity contribution in [2.75, 3.05) is 29.9 Å². The van der Waals surface area contributed by atoms with Crippen molar-refractivity contribution in [3.63, 3.8) is 0 Å². The SMILES string of the molecule is O=C(Nc1ccc(N2CCCC2)cn1)c1cccnc1OCC(F)(F)F. The molecule has 0 aliphatic carbocycles. The van der Waals surface area contributed by atoms with Crippen molar-refractivity contribution >= 4 is 17.4 Å². The number of pyridine rings is 2. The Labute approximate surface area is 148 Å². The van der Waals surface area contributed by atoms with Gasteiger partial charge in [-0.3, -0.25) is 4.79 Å². The summed E-state index contributed by atoms with van der Waals surface area (Å²) in [7, 11) is 0. The monoisotopic (exact) mass is 366 g/mol. The Bertz CT molecular complexity index is 759. The highest BCUT2D eigenvalue weighted by atomic mass is 19.4.